The second kappa shape index (κ2) is 10.6. The third kappa shape index (κ3) is 7.04. The molecule has 3 heteroatoms. The van der Waals surface area contributed by atoms with Gasteiger partial charge in [-0.1, -0.05) is 86.7 Å². The summed E-state index contributed by atoms with van der Waals surface area (Å²) in [4.78, 5) is 11.6. The zero-order valence-electron chi connectivity index (χ0n) is 14.9. The molecular formula is C22H26O3. The average Bonchev–Trinajstić information content (AvgIpc) is 2.65. The number of benzene rings is 2. The molecule has 0 amide bonds. The topological polar surface area (TPSA) is 35.5 Å². The molecule has 0 radical (unpaired) electrons. The number of rotatable bonds is 10. The smallest absolute Gasteiger partial charge is 0.151 e. The molecule has 0 aromatic heterocycles. The third-order valence-electron chi connectivity index (χ3n) is 3.71. The van der Waals surface area contributed by atoms with Gasteiger partial charge in [-0.05, 0) is 17.0 Å². The minimum Gasteiger partial charge on any atom is -0.366 e. The fourth-order valence-corrected chi connectivity index (χ4v) is 2.34. The first-order chi connectivity index (χ1) is 12.2. The van der Waals surface area contributed by atoms with Crippen LogP contribution in [0.1, 0.15) is 25.0 Å². The Bertz CT molecular complexity index is 635. The standard InChI is InChI=1S/C22H26O3/c1-18(2)13-14-21(24-16-19-9-5-3-6-10-19)22(15-23)25-17-20-11-7-4-8-12-20/h3-15,18,21-22H,16-17H2,1-2H3/b14-13+/t21-,22-/m1/s1. The highest BCUT2D eigenvalue weighted by Gasteiger charge is 2.20. The van der Waals surface area contributed by atoms with Gasteiger partial charge < -0.3 is 14.3 Å². The van der Waals surface area contributed by atoms with Crippen LogP contribution in [-0.2, 0) is 27.5 Å². The molecule has 2 aromatic carbocycles. The summed E-state index contributed by atoms with van der Waals surface area (Å²) in [5.41, 5.74) is 2.10. The lowest BCUT2D eigenvalue weighted by atomic mass is 10.1. The fraction of sp³-hybridized carbons (Fsp3) is 0.318. The third-order valence-corrected chi connectivity index (χ3v) is 3.71. The molecule has 2 aromatic rings. The van der Waals surface area contributed by atoms with Gasteiger partial charge in [-0.25, -0.2) is 0 Å². The minimum atomic E-state index is -0.640. The Hall–Kier alpha value is -2.23. The van der Waals surface area contributed by atoms with Crippen LogP contribution in [-0.4, -0.2) is 18.5 Å². The molecule has 0 N–H and O–H groups in total. The summed E-state index contributed by atoms with van der Waals surface area (Å²) in [5.74, 6) is 0.379. The predicted molar refractivity (Wildman–Crippen MR) is 100 cm³/mol. The van der Waals surface area contributed by atoms with E-state index >= 15 is 0 Å². The highest BCUT2D eigenvalue weighted by Crippen LogP contribution is 2.13. The molecule has 0 saturated carbocycles. The molecule has 0 bridgehead atoms. The molecule has 0 aliphatic rings. The first-order valence-electron chi connectivity index (χ1n) is 8.63. The summed E-state index contributed by atoms with van der Waals surface area (Å²) in [6.45, 7) is 4.99. The zero-order valence-corrected chi connectivity index (χ0v) is 14.9. The van der Waals surface area contributed by atoms with Crippen LogP contribution < -0.4 is 0 Å². The maximum atomic E-state index is 11.6. The van der Waals surface area contributed by atoms with Gasteiger partial charge in [0, 0.05) is 0 Å². The van der Waals surface area contributed by atoms with Crippen molar-refractivity contribution in [3.63, 3.8) is 0 Å². The molecular weight excluding hydrogens is 312 g/mol. The van der Waals surface area contributed by atoms with Gasteiger partial charge in [0.05, 0.1) is 13.2 Å². The predicted octanol–water partition coefficient (Wildman–Crippen LogP) is 4.57. The monoisotopic (exact) mass is 338 g/mol. The number of carbonyl (C=O) groups is 1. The molecule has 0 fully saturated rings. The maximum absolute atomic E-state index is 11.6. The van der Waals surface area contributed by atoms with Crippen molar-refractivity contribution in [2.24, 2.45) is 5.92 Å². The second-order valence-corrected chi connectivity index (χ2v) is 6.29. The van der Waals surface area contributed by atoms with E-state index in [0.717, 1.165) is 17.4 Å². The van der Waals surface area contributed by atoms with Gasteiger partial charge in [-0.15, -0.1) is 0 Å². The lowest BCUT2D eigenvalue weighted by Crippen LogP contribution is -2.31. The Morgan fingerprint density at radius 3 is 1.68 bits per heavy atom. The summed E-state index contributed by atoms with van der Waals surface area (Å²) >= 11 is 0. The number of ether oxygens (including phenoxy) is 2. The highest BCUT2D eigenvalue weighted by atomic mass is 16.5. The summed E-state index contributed by atoms with van der Waals surface area (Å²) in [6.07, 6.45) is 3.74. The highest BCUT2D eigenvalue weighted by molar-refractivity contribution is 5.57. The van der Waals surface area contributed by atoms with Crippen LogP contribution in [0.15, 0.2) is 72.8 Å². The van der Waals surface area contributed by atoms with Crippen molar-refractivity contribution < 1.29 is 14.3 Å². The number of carbonyl (C=O) groups excluding carboxylic acids is 1. The van der Waals surface area contributed by atoms with E-state index in [1.54, 1.807) is 0 Å². The molecule has 2 rings (SSSR count). The van der Waals surface area contributed by atoms with Gasteiger partial charge in [-0.3, -0.25) is 0 Å². The van der Waals surface area contributed by atoms with Crippen molar-refractivity contribution >= 4 is 6.29 Å². The molecule has 0 saturated heterocycles. The molecule has 3 nitrogen and oxygen atoms in total. The van der Waals surface area contributed by atoms with Gasteiger partial charge in [0.1, 0.15) is 12.2 Å². The lowest BCUT2D eigenvalue weighted by molar-refractivity contribution is -0.128. The van der Waals surface area contributed by atoms with Crippen molar-refractivity contribution in [3.8, 4) is 0 Å². The van der Waals surface area contributed by atoms with E-state index < -0.39 is 12.2 Å². The van der Waals surface area contributed by atoms with Crippen molar-refractivity contribution in [2.45, 2.75) is 39.3 Å². The van der Waals surface area contributed by atoms with Crippen molar-refractivity contribution in [2.75, 3.05) is 0 Å². The Morgan fingerprint density at radius 1 is 0.760 bits per heavy atom. The van der Waals surface area contributed by atoms with E-state index in [1.165, 1.54) is 0 Å². The van der Waals surface area contributed by atoms with Crippen molar-refractivity contribution in [1.29, 1.82) is 0 Å². The molecule has 0 aliphatic carbocycles. The number of hydrogen-bond acceptors (Lipinski definition) is 3. The maximum Gasteiger partial charge on any atom is 0.151 e. The van der Waals surface area contributed by atoms with Crippen LogP contribution >= 0.6 is 0 Å². The zero-order chi connectivity index (χ0) is 17.9. The largest absolute Gasteiger partial charge is 0.366 e. The van der Waals surface area contributed by atoms with Crippen LogP contribution in [0.2, 0.25) is 0 Å². The van der Waals surface area contributed by atoms with Crippen LogP contribution in [0, 0.1) is 5.92 Å². The molecule has 0 spiro atoms. The van der Waals surface area contributed by atoms with Crippen LogP contribution in [0.4, 0.5) is 0 Å². The van der Waals surface area contributed by atoms with Gasteiger partial charge in [0.25, 0.3) is 0 Å². The quantitative estimate of drug-likeness (QED) is 0.470. The fourth-order valence-electron chi connectivity index (χ4n) is 2.34. The van der Waals surface area contributed by atoms with Crippen LogP contribution in [0.5, 0.6) is 0 Å². The molecule has 2 atom stereocenters. The van der Waals surface area contributed by atoms with E-state index in [-0.39, 0.29) is 0 Å². The Balaban J connectivity index is 2.01. The van der Waals surface area contributed by atoms with Crippen LogP contribution in [0.3, 0.4) is 0 Å². The molecule has 0 unspecified atom stereocenters. The first kappa shape index (κ1) is 19.1. The van der Waals surface area contributed by atoms with Gasteiger partial charge in [0.2, 0.25) is 0 Å². The summed E-state index contributed by atoms with van der Waals surface area (Å²) in [7, 11) is 0. The summed E-state index contributed by atoms with van der Waals surface area (Å²) in [5, 5.41) is 0. The summed E-state index contributed by atoms with van der Waals surface area (Å²) < 4.78 is 11.8. The SMILES string of the molecule is CC(C)/C=C/[C@@H](OCc1ccccc1)[C@@H](C=O)OCc1ccccc1. The normalized spacial score (nSPS) is 13.9. The molecule has 25 heavy (non-hydrogen) atoms. The minimum absolute atomic E-state index is 0.379. The van der Waals surface area contributed by atoms with E-state index in [4.69, 9.17) is 9.47 Å². The van der Waals surface area contributed by atoms with Gasteiger partial charge in [-0.2, -0.15) is 0 Å². The van der Waals surface area contributed by atoms with Gasteiger partial charge in [0.15, 0.2) is 6.29 Å². The number of allylic oxidation sites excluding steroid dienone is 1. The second-order valence-electron chi connectivity index (χ2n) is 6.29. The van der Waals surface area contributed by atoms with Gasteiger partial charge >= 0.3 is 0 Å². The van der Waals surface area contributed by atoms with E-state index in [2.05, 4.69) is 13.8 Å². The number of hydrogen-bond donors (Lipinski definition) is 0. The van der Waals surface area contributed by atoms with E-state index in [1.807, 2.05) is 72.8 Å². The number of aldehydes is 1. The van der Waals surface area contributed by atoms with Crippen molar-refractivity contribution in [3.05, 3.63) is 83.9 Å². The average molecular weight is 338 g/mol. The van der Waals surface area contributed by atoms with Crippen molar-refractivity contribution in [1.82, 2.24) is 0 Å². The summed E-state index contributed by atoms with van der Waals surface area (Å²) in [6, 6.07) is 19.7. The molecule has 0 heterocycles. The Kier molecular flexibility index (Phi) is 8.10. The Labute approximate surface area is 150 Å². The first-order valence-corrected chi connectivity index (χ1v) is 8.63. The van der Waals surface area contributed by atoms with E-state index in [0.29, 0.717) is 19.1 Å². The lowest BCUT2D eigenvalue weighted by Gasteiger charge is -2.21. The molecule has 132 valence electrons. The Morgan fingerprint density at radius 2 is 1.24 bits per heavy atom. The molecule has 0 aliphatic heterocycles. The van der Waals surface area contributed by atoms with Crippen LogP contribution in [0.25, 0.3) is 0 Å². The van der Waals surface area contributed by atoms with E-state index in [9.17, 15) is 4.79 Å².